The van der Waals surface area contributed by atoms with Gasteiger partial charge in [-0.3, -0.25) is 0 Å². The Balaban J connectivity index is 2.06. The van der Waals surface area contributed by atoms with E-state index in [0.29, 0.717) is 6.04 Å². The Labute approximate surface area is 140 Å². The number of fused-ring (bicyclic) bond motifs is 1. The summed E-state index contributed by atoms with van der Waals surface area (Å²) in [6.07, 6.45) is 14.2. The molecule has 2 aliphatic carbocycles. The van der Waals surface area contributed by atoms with E-state index in [1.807, 2.05) is 0 Å². The molecule has 0 spiro atoms. The first-order valence-corrected chi connectivity index (χ1v) is 10.2. The molecule has 0 radical (unpaired) electrons. The third kappa shape index (κ3) is 2.69. The van der Waals surface area contributed by atoms with Crippen LogP contribution in [-0.2, 0) is 26.4 Å². The van der Waals surface area contributed by atoms with Crippen LogP contribution in [0.5, 0.6) is 0 Å². The second-order valence-corrected chi connectivity index (χ2v) is 10.4. The summed E-state index contributed by atoms with van der Waals surface area (Å²) in [6, 6.07) is 9.62. The van der Waals surface area contributed by atoms with E-state index in [4.69, 9.17) is 0 Å². The summed E-state index contributed by atoms with van der Waals surface area (Å²) in [5.41, 5.74) is 3.01. The molecule has 1 aromatic carbocycles. The Hall–Kier alpha value is -0.717. The molecule has 0 saturated carbocycles. The quantitative estimate of drug-likeness (QED) is 0.765. The Kier molecular flexibility index (Phi) is 4.47. The first kappa shape index (κ1) is 15.2. The van der Waals surface area contributed by atoms with Crippen LogP contribution in [0.1, 0.15) is 30.9 Å². The van der Waals surface area contributed by atoms with E-state index in [1.54, 1.807) is 8.84 Å². The average molecular weight is 357 g/mol. The zero-order valence-electron chi connectivity index (χ0n) is 13.1. The fourth-order valence-electron chi connectivity index (χ4n) is 3.71. The van der Waals surface area contributed by atoms with Crippen molar-refractivity contribution >= 4 is 6.08 Å². The molecule has 2 atom stereocenters. The summed E-state index contributed by atoms with van der Waals surface area (Å²) in [4.78, 5) is 2.44. The van der Waals surface area contributed by atoms with Gasteiger partial charge in [0.15, 0.2) is 0 Å². The van der Waals surface area contributed by atoms with Crippen molar-refractivity contribution in [1.29, 1.82) is 0 Å². The zero-order chi connectivity index (χ0) is 14.9. The first-order chi connectivity index (χ1) is 10.2. The predicted molar refractivity (Wildman–Crippen MR) is 86.8 cm³/mol. The van der Waals surface area contributed by atoms with Crippen LogP contribution in [0.15, 0.2) is 51.9 Å². The van der Waals surface area contributed by atoms with E-state index < -0.39 is 23.2 Å². The molecule has 108 valence electrons. The normalized spacial score (nSPS) is 24.3. The molecule has 2 heteroatoms. The molecule has 2 aliphatic rings. The van der Waals surface area contributed by atoms with Crippen molar-refractivity contribution < 1.29 is 23.2 Å². The van der Waals surface area contributed by atoms with Crippen LogP contribution in [0.25, 0.3) is 6.08 Å². The number of rotatable bonds is 5. The van der Waals surface area contributed by atoms with Crippen LogP contribution in [0.4, 0.5) is 0 Å². The topological polar surface area (TPSA) is 3.24 Å². The fraction of sp³-hybridized carbons (Fsp3) is 0.368. The van der Waals surface area contributed by atoms with E-state index in [-0.39, 0.29) is 3.12 Å². The van der Waals surface area contributed by atoms with Gasteiger partial charge in [-0.15, -0.1) is 0 Å². The van der Waals surface area contributed by atoms with Gasteiger partial charge in [0.2, 0.25) is 0 Å². The predicted octanol–water partition coefficient (Wildman–Crippen LogP) is 4.18. The van der Waals surface area contributed by atoms with Gasteiger partial charge in [-0.1, -0.05) is 0 Å². The van der Waals surface area contributed by atoms with E-state index in [0.717, 1.165) is 0 Å². The van der Waals surface area contributed by atoms with Gasteiger partial charge in [-0.25, -0.2) is 0 Å². The van der Waals surface area contributed by atoms with Crippen LogP contribution in [0.3, 0.4) is 0 Å². The molecule has 0 N–H and O–H groups in total. The van der Waals surface area contributed by atoms with Gasteiger partial charge >= 0.3 is 140 Å². The molecule has 3 rings (SSSR count). The van der Waals surface area contributed by atoms with Crippen molar-refractivity contribution in [3.05, 3.63) is 63.0 Å². The van der Waals surface area contributed by atoms with Gasteiger partial charge in [0.1, 0.15) is 0 Å². The molecule has 1 nitrogen and oxygen atoms in total. The van der Waals surface area contributed by atoms with Crippen molar-refractivity contribution in [1.82, 2.24) is 4.90 Å². The minimum absolute atomic E-state index is 0.288. The Morgan fingerprint density at radius 3 is 2.76 bits per heavy atom. The Morgan fingerprint density at radius 2 is 2.10 bits per heavy atom. The molecule has 0 amide bonds. The van der Waals surface area contributed by atoms with Crippen molar-refractivity contribution in [2.75, 3.05) is 14.1 Å². The molecule has 0 fully saturated rings. The molecule has 2 unspecified atom stereocenters. The molecule has 21 heavy (non-hydrogen) atoms. The van der Waals surface area contributed by atoms with Crippen molar-refractivity contribution in [3.8, 4) is 0 Å². The van der Waals surface area contributed by atoms with Crippen LogP contribution >= 0.6 is 0 Å². The summed E-state index contributed by atoms with van der Waals surface area (Å²) < 4.78 is 2.01. The van der Waals surface area contributed by atoms with Crippen LogP contribution in [0, 0.1) is 0 Å². The molecular weight excluding hydrogens is 333 g/mol. The third-order valence-electron chi connectivity index (χ3n) is 4.61. The molecule has 0 aliphatic heterocycles. The van der Waals surface area contributed by atoms with Gasteiger partial charge < -0.3 is 0 Å². The molecule has 1 aromatic rings. The van der Waals surface area contributed by atoms with Crippen LogP contribution in [0.2, 0.25) is 0 Å². The molecule has 0 bridgehead atoms. The van der Waals surface area contributed by atoms with Gasteiger partial charge in [-0.2, -0.15) is 0 Å². The number of benzene rings is 1. The molecular formula is C19H23NZr. The zero-order valence-corrected chi connectivity index (χ0v) is 15.6. The van der Waals surface area contributed by atoms with E-state index in [9.17, 15) is 0 Å². The van der Waals surface area contributed by atoms with Crippen LogP contribution in [-0.4, -0.2) is 25.0 Å². The van der Waals surface area contributed by atoms with Gasteiger partial charge in [0.25, 0.3) is 0 Å². The van der Waals surface area contributed by atoms with Gasteiger partial charge in [0, 0.05) is 0 Å². The molecule has 0 aromatic heterocycles. The number of hydrogen-bond acceptors (Lipinski definition) is 1. The summed E-state index contributed by atoms with van der Waals surface area (Å²) in [6.45, 7) is 2.34. The maximum absolute atomic E-state index is 2.54. The Bertz CT molecular complexity index is 612. The summed E-state index contributed by atoms with van der Waals surface area (Å²) in [5.74, 6) is 0. The molecule has 0 heterocycles. The SMILES string of the molecule is CCC(N(C)C)[C]1([Zr][C]2=CC=CC2)C=Cc2ccccc21. The number of likely N-dealkylation sites (N-methyl/N-ethyl adjacent to an activating group) is 1. The minimum atomic E-state index is -0.721. The second-order valence-electron chi connectivity index (χ2n) is 6.13. The standard InChI is InChI=1S/C14H18N.C5H5.Zr/c1-4-14(15(2)3)13-10-9-11-7-5-6-8-12(11)13;1-2-4-5-3-1;/h5-10,14H,4H2,1-3H3;1-3H,4H2;. The summed E-state index contributed by atoms with van der Waals surface area (Å²) in [7, 11) is 4.48. The maximum atomic E-state index is 2.54. The average Bonchev–Trinajstić information content (AvgIpc) is 3.09. The number of nitrogens with zero attached hydrogens (tertiary/aromatic N) is 1. The van der Waals surface area contributed by atoms with Gasteiger partial charge in [0.05, 0.1) is 0 Å². The fourth-order valence-corrected chi connectivity index (χ4v) is 8.85. The number of allylic oxidation sites excluding steroid dienone is 4. The molecule has 0 saturated heterocycles. The second kappa shape index (κ2) is 6.18. The van der Waals surface area contributed by atoms with E-state index >= 15 is 0 Å². The summed E-state index contributed by atoms with van der Waals surface area (Å²) in [5, 5.41) is 0. The first-order valence-electron chi connectivity index (χ1n) is 7.76. The van der Waals surface area contributed by atoms with E-state index in [1.165, 1.54) is 18.4 Å². The van der Waals surface area contributed by atoms with Gasteiger partial charge in [-0.05, 0) is 0 Å². The van der Waals surface area contributed by atoms with Crippen molar-refractivity contribution in [2.24, 2.45) is 0 Å². The van der Waals surface area contributed by atoms with E-state index in [2.05, 4.69) is 80.6 Å². The van der Waals surface area contributed by atoms with Crippen LogP contribution < -0.4 is 0 Å². The van der Waals surface area contributed by atoms with Crippen molar-refractivity contribution in [2.45, 2.75) is 28.9 Å². The number of hydrogen-bond donors (Lipinski definition) is 0. The Morgan fingerprint density at radius 1 is 1.29 bits per heavy atom. The third-order valence-corrected chi connectivity index (χ3v) is 9.21. The van der Waals surface area contributed by atoms with Crippen molar-refractivity contribution in [3.63, 3.8) is 0 Å². The summed E-state index contributed by atoms with van der Waals surface area (Å²) >= 11 is -0.721. The monoisotopic (exact) mass is 355 g/mol.